The van der Waals surface area contributed by atoms with Crippen LogP contribution in [0.5, 0.6) is 0 Å². The Morgan fingerprint density at radius 3 is 3.18 bits per heavy atom. The molecule has 1 aliphatic carbocycles. The minimum Gasteiger partial charge on any atom is -0.313 e. The molecule has 0 saturated heterocycles. The van der Waals surface area contributed by atoms with Gasteiger partial charge in [0.05, 0.1) is 5.69 Å². The molecule has 0 radical (unpaired) electrons. The van der Waals surface area contributed by atoms with Crippen molar-refractivity contribution in [1.82, 2.24) is 15.5 Å². The van der Waals surface area contributed by atoms with Crippen LogP contribution >= 0.6 is 0 Å². The number of H-pyrrole nitrogens is 1. The van der Waals surface area contributed by atoms with Crippen molar-refractivity contribution in [2.24, 2.45) is 0 Å². The number of hydrogen-bond donors (Lipinski definition) is 2. The molecule has 0 spiro atoms. The highest BCUT2D eigenvalue weighted by Crippen LogP contribution is 2.31. The topological polar surface area (TPSA) is 40.7 Å². The summed E-state index contributed by atoms with van der Waals surface area (Å²) < 4.78 is 0. The SMILES string of the molecule is CNC1CCc2n[nH]c(C)c21. The molecule has 2 N–H and O–H groups in total. The summed E-state index contributed by atoms with van der Waals surface area (Å²) in [4.78, 5) is 0. The van der Waals surface area contributed by atoms with Crippen LogP contribution < -0.4 is 5.32 Å². The van der Waals surface area contributed by atoms with E-state index in [0.717, 1.165) is 6.42 Å². The Morgan fingerprint density at radius 1 is 1.64 bits per heavy atom. The first-order valence-corrected chi connectivity index (χ1v) is 4.04. The Morgan fingerprint density at radius 2 is 2.45 bits per heavy atom. The summed E-state index contributed by atoms with van der Waals surface area (Å²) in [6, 6.07) is 0.531. The van der Waals surface area contributed by atoms with Crippen molar-refractivity contribution < 1.29 is 0 Å². The lowest BCUT2D eigenvalue weighted by Gasteiger charge is -2.07. The summed E-state index contributed by atoms with van der Waals surface area (Å²) >= 11 is 0. The Labute approximate surface area is 66.2 Å². The van der Waals surface area contributed by atoms with Gasteiger partial charge in [-0.3, -0.25) is 5.10 Å². The van der Waals surface area contributed by atoms with Gasteiger partial charge in [-0.25, -0.2) is 0 Å². The lowest BCUT2D eigenvalue weighted by Crippen LogP contribution is -2.13. The Balaban J connectivity index is 2.42. The van der Waals surface area contributed by atoms with E-state index < -0.39 is 0 Å². The van der Waals surface area contributed by atoms with Crippen molar-refractivity contribution in [3.8, 4) is 0 Å². The second-order valence-corrected chi connectivity index (χ2v) is 3.09. The third-order valence-electron chi connectivity index (χ3n) is 2.44. The van der Waals surface area contributed by atoms with Crippen LogP contribution in [-0.4, -0.2) is 17.2 Å². The Kier molecular flexibility index (Phi) is 1.46. The van der Waals surface area contributed by atoms with Gasteiger partial charge in [-0.05, 0) is 26.8 Å². The van der Waals surface area contributed by atoms with Gasteiger partial charge in [0.25, 0.3) is 0 Å². The van der Waals surface area contributed by atoms with Gasteiger partial charge in [-0.15, -0.1) is 0 Å². The molecule has 1 unspecified atom stereocenters. The molecular weight excluding hydrogens is 138 g/mol. The number of fused-ring (bicyclic) bond motifs is 1. The highest BCUT2D eigenvalue weighted by molar-refractivity contribution is 5.32. The van der Waals surface area contributed by atoms with Gasteiger partial charge in [-0.2, -0.15) is 5.10 Å². The number of nitrogens with one attached hydrogen (secondary N) is 2. The van der Waals surface area contributed by atoms with Crippen LogP contribution in [0.4, 0.5) is 0 Å². The van der Waals surface area contributed by atoms with Crippen LogP contribution in [0.15, 0.2) is 0 Å². The molecule has 1 aliphatic rings. The summed E-state index contributed by atoms with van der Waals surface area (Å²) in [5.74, 6) is 0. The van der Waals surface area contributed by atoms with Crippen LogP contribution in [0.1, 0.15) is 29.4 Å². The van der Waals surface area contributed by atoms with Gasteiger partial charge in [0.1, 0.15) is 0 Å². The molecule has 2 rings (SSSR count). The molecule has 60 valence electrons. The second kappa shape index (κ2) is 2.34. The first kappa shape index (κ1) is 6.85. The lowest BCUT2D eigenvalue weighted by molar-refractivity contribution is 0.583. The average Bonchev–Trinajstić information content (AvgIpc) is 2.54. The third-order valence-corrected chi connectivity index (χ3v) is 2.44. The molecule has 0 fully saturated rings. The summed E-state index contributed by atoms with van der Waals surface area (Å²) in [5, 5.41) is 10.5. The fourth-order valence-corrected chi connectivity index (χ4v) is 1.86. The lowest BCUT2D eigenvalue weighted by atomic mass is 10.1. The number of aromatic amines is 1. The maximum atomic E-state index is 4.23. The average molecular weight is 151 g/mol. The molecule has 3 nitrogen and oxygen atoms in total. The molecule has 1 aromatic heterocycles. The maximum Gasteiger partial charge on any atom is 0.0673 e. The Bertz CT molecular complexity index is 264. The van der Waals surface area contributed by atoms with Crippen molar-refractivity contribution >= 4 is 0 Å². The van der Waals surface area contributed by atoms with E-state index in [1.165, 1.54) is 23.4 Å². The monoisotopic (exact) mass is 151 g/mol. The predicted molar refractivity (Wildman–Crippen MR) is 43.4 cm³/mol. The van der Waals surface area contributed by atoms with Crippen molar-refractivity contribution in [1.29, 1.82) is 0 Å². The smallest absolute Gasteiger partial charge is 0.0673 e. The van der Waals surface area contributed by atoms with Crippen molar-refractivity contribution in [3.05, 3.63) is 17.0 Å². The molecule has 1 atom stereocenters. The molecule has 0 saturated carbocycles. The van der Waals surface area contributed by atoms with Gasteiger partial charge < -0.3 is 5.32 Å². The second-order valence-electron chi connectivity index (χ2n) is 3.09. The van der Waals surface area contributed by atoms with Gasteiger partial charge >= 0.3 is 0 Å². The number of hydrogen-bond acceptors (Lipinski definition) is 2. The molecule has 0 aliphatic heterocycles. The van der Waals surface area contributed by atoms with Crippen molar-refractivity contribution in [3.63, 3.8) is 0 Å². The zero-order valence-corrected chi connectivity index (χ0v) is 6.94. The van der Waals surface area contributed by atoms with E-state index in [1.54, 1.807) is 0 Å². The van der Waals surface area contributed by atoms with Gasteiger partial charge in [0.2, 0.25) is 0 Å². The van der Waals surface area contributed by atoms with Gasteiger partial charge in [0, 0.05) is 17.3 Å². The van der Waals surface area contributed by atoms with E-state index in [9.17, 15) is 0 Å². The van der Waals surface area contributed by atoms with Gasteiger partial charge in [0.15, 0.2) is 0 Å². The third kappa shape index (κ3) is 0.878. The van der Waals surface area contributed by atoms with Crippen LogP contribution in [0.3, 0.4) is 0 Å². The van der Waals surface area contributed by atoms with E-state index in [0.29, 0.717) is 6.04 Å². The predicted octanol–water partition coefficient (Wildman–Crippen LogP) is 0.925. The quantitative estimate of drug-likeness (QED) is 0.626. The zero-order chi connectivity index (χ0) is 7.84. The molecule has 3 heteroatoms. The largest absolute Gasteiger partial charge is 0.313 e. The highest BCUT2D eigenvalue weighted by Gasteiger charge is 2.25. The Hall–Kier alpha value is -0.830. The summed E-state index contributed by atoms with van der Waals surface area (Å²) in [6.07, 6.45) is 2.31. The number of aryl methyl sites for hydroxylation is 2. The molecule has 11 heavy (non-hydrogen) atoms. The summed E-state index contributed by atoms with van der Waals surface area (Å²) in [5.41, 5.74) is 3.87. The van der Waals surface area contributed by atoms with Gasteiger partial charge in [-0.1, -0.05) is 0 Å². The standard InChI is InChI=1S/C8H13N3/c1-5-8-6(9-2)3-4-7(8)11-10-5/h6,9H,3-4H2,1-2H3,(H,10,11). The number of rotatable bonds is 1. The molecular formula is C8H13N3. The van der Waals surface area contributed by atoms with Crippen LogP contribution in [-0.2, 0) is 6.42 Å². The maximum absolute atomic E-state index is 4.23. The van der Waals surface area contributed by atoms with Crippen LogP contribution in [0, 0.1) is 6.92 Å². The minimum atomic E-state index is 0.531. The summed E-state index contributed by atoms with van der Waals surface area (Å²) in [6.45, 7) is 2.08. The van der Waals surface area contributed by atoms with Crippen molar-refractivity contribution in [2.45, 2.75) is 25.8 Å². The first-order valence-electron chi connectivity index (χ1n) is 4.04. The van der Waals surface area contributed by atoms with Crippen molar-refractivity contribution in [2.75, 3.05) is 7.05 Å². The molecule has 0 aromatic carbocycles. The minimum absolute atomic E-state index is 0.531. The number of aromatic nitrogens is 2. The highest BCUT2D eigenvalue weighted by atomic mass is 15.1. The van der Waals surface area contributed by atoms with E-state index in [2.05, 4.69) is 22.4 Å². The molecule has 1 heterocycles. The molecule has 0 amide bonds. The normalized spacial score (nSPS) is 22.2. The zero-order valence-electron chi connectivity index (χ0n) is 6.94. The molecule has 1 aromatic rings. The van der Waals surface area contributed by atoms with Crippen LogP contribution in [0.25, 0.3) is 0 Å². The summed E-state index contributed by atoms with van der Waals surface area (Å²) in [7, 11) is 2.01. The van der Waals surface area contributed by atoms with E-state index in [4.69, 9.17) is 0 Å². The van der Waals surface area contributed by atoms with E-state index >= 15 is 0 Å². The van der Waals surface area contributed by atoms with E-state index in [1.807, 2.05) is 7.05 Å². The molecule has 0 bridgehead atoms. The fourth-order valence-electron chi connectivity index (χ4n) is 1.86. The fraction of sp³-hybridized carbons (Fsp3) is 0.625. The number of nitrogens with zero attached hydrogens (tertiary/aromatic N) is 1. The van der Waals surface area contributed by atoms with Crippen LogP contribution in [0.2, 0.25) is 0 Å². The van der Waals surface area contributed by atoms with E-state index in [-0.39, 0.29) is 0 Å². The first-order chi connectivity index (χ1) is 5.33.